The topological polar surface area (TPSA) is 241 Å². The molecule has 12 nitrogen and oxygen atoms in total. The third-order valence-corrected chi connectivity index (χ3v) is 0. The van der Waals surface area contributed by atoms with E-state index in [4.69, 9.17) is 42.9 Å². The fourth-order valence-electron chi connectivity index (χ4n) is 0. The normalized spacial score (nSPS) is 9.16. The molecule has 112 valence electrons. The predicted molar refractivity (Wildman–Crippen MR) is 37.8 cm³/mol. The van der Waals surface area contributed by atoms with Gasteiger partial charge < -0.3 is 0 Å². The minimum absolute atomic E-state index is 0. The van der Waals surface area contributed by atoms with Crippen LogP contribution in [0.25, 0.3) is 0 Å². The van der Waals surface area contributed by atoms with Crippen LogP contribution in [-0.4, -0.2) is 34.7 Å². The van der Waals surface area contributed by atoms with Crippen LogP contribution in [0.2, 0.25) is 0 Å². The van der Waals surface area contributed by atoms with Gasteiger partial charge in [-0.15, -0.1) is 0 Å². The Bertz CT molecular complexity index is 350. The molecule has 0 N–H and O–H groups in total. The van der Waals surface area contributed by atoms with Crippen LogP contribution < -0.4 is 22.6 Å². The molecular formula is H6Al2Mo3O12P2. The summed E-state index contributed by atoms with van der Waals surface area (Å²) in [6.07, 6.45) is 0. The number of hydrogen-bond donors (Lipinski definition) is 0. The van der Waals surface area contributed by atoms with Gasteiger partial charge in [-0.2, -0.15) is 19.8 Å². The van der Waals surface area contributed by atoms with Gasteiger partial charge in [-0.05, 0) is 0 Å². The average Bonchev–Trinajstić information content (AvgIpc) is 1.41. The molecule has 0 saturated heterocycles. The molecule has 0 aromatic heterocycles. The van der Waals surface area contributed by atoms with Crippen molar-refractivity contribution in [2.24, 2.45) is 0 Å². The van der Waals surface area contributed by atoms with E-state index in [-0.39, 0.29) is 54.5 Å². The van der Waals surface area contributed by atoms with Crippen molar-refractivity contribution in [3.63, 3.8) is 0 Å². The van der Waals surface area contributed by atoms with Crippen molar-refractivity contribution < 1.29 is 93.2 Å². The van der Waals surface area contributed by atoms with Crippen LogP contribution in [0.1, 0.15) is 0 Å². The first-order valence-electron chi connectivity index (χ1n) is 2.00. The Kier molecular flexibility index (Phi) is 42.1. The van der Waals surface area contributed by atoms with E-state index < -0.39 is 50.2 Å². The summed E-state index contributed by atoms with van der Waals surface area (Å²) in [6, 6.07) is 0. The zero-order valence-electron chi connectivity index (χ0n) is 8.69. The van der Waals surface area contributed by atoms with E-state index in [1.54, 1.807) is 0 Å². The van der Waals surface area contributed by atoms with E-state index in [9.17, 15) is 0 Å². The predicted octanol–water partition coefficient (Wildman–Crippen LogP) is -8.50. The Labute approximate surface area is 146 Å². The first-order valence-corrected chi connectivity index (χ1v) is 11.8. The summed E-state index contributed by atoms with van der Waals surface area (Å²) in [5, 5.41) is 0. The molecule has 0 fully saturated rings. The Morgan fingerprint density at radius 3 is 0.421 bits per heavy atom. The second kappa shape index (κ2) is 18.6. The van der Waals surface area contributed by atoms with Gasteiger partial charge in [0.15, 0.2) is 0 Å². The van der Waals surface area contributed by atoms with Crippen LogP contribution in [0.4, 0.5) is 0 Å². The zero-order valence-corrected chi connectivity index (χ0v) is 19.9. The summed E-state index contributed by atoms with van der Waals surface area (Å²) in [7, 11) is 0. The van der Waals surface area contributed by atoms with Gasteiger partial charge in [-0.1, -0.05) is 0 Å². The molecule has 0 amide bonds. The Hall–Kier alpha value is 2.55. The first kappa shape index (κ1) is 43.0. The van der Waals surface area contributed by atoms with Crippen LogP contribution in [0.15, 0.2) is 0 Å². The molecule has 0 saturated carbocycles. The molecule has 2 unspecified atom stereocenters. The fraction of sp³-hybridized carbons (Fsp3) is 0. The van der Waals surface area contributed by atoms with E-state index >= 15 is 0 Å². The van der Waals surface area contributed by atoms with Crippen molar-refractivity contribution in [1.82, 2.24) is 0 Å². The molecular weight excluding hydrogens is 596 g/mol. The molecule has 0 spiro atoms. The maximum absolute atomic E-state index is 8.63. The first-order chi connectivity index (χ1) is 6.00. The van der Waals surface area contributed by atoms with Crippen molar-refractivity contribution in [3.05, 3.63) is 0 Å². The molecule has 0 aromatic carbocycles. The van der Waals surface area contributed by atoms with Crippen LogP contribution in [-0.2, 0) is 70.6 Å². The summed E-state index contributed by atoms with van der Waals surface area (Å²) >= 11 is -18.1. The third kappa shape index (κ3) is 1090. The van der Waals surface area contributed by atoms with E-state index in [1.807, 2.05) is 0 Å². The second-order valence-corrected chi connectivity index (χ2v) is 7.25. The van der Waals surface area contributed by atoms with Crippen molar-refractivity contribution >= 4 is 54.5 Å². The zero-order chi connectivity index (χ0) is 13.5. The van der Waals surface area contributed by atoms with Crippen LogP contribution >= 0.6 is 19.8 Å². The minimum atomic E-state index is -6.02. The molecule has 19 heteroatoms. The van der Waals surface area contributed by atoms with Crippen LogP contribution in [0, 0.1) is 0 Å². The maximum atomic E-state index is 8.63. The average molecular weight is 602 g/mol. The van der Waals surface area contributed by atoms with E-state index in [1.165, 1.54) is 0 Å². The van der Waals surface area contributed by atoms with Gasteiger partial charge in [-0.3, -0.25) is 0 Å². The molecule has 0 aliphatic rings. The standard InChI is InChI=1S/2Al.3Mo.12O.2H3P/h;;;;;;;;;;;;;;;;;2*1H3/q2*+3;;;;;;;;;;6*-1;;. The third-order valence-electron chi connectivity index (χ3n) is 0. The summed E-state index contributed by atoms with van der Waals surface area (Å²) < 4.78 is 104. The van der Waals surface area contributed by atoms with Crippen molar-refractivity contribution in [1.29, 1.82) is 0 Å². The molecule has 0 aromatic rings. The molecule has 0 aliphatic carbocycles. The summed E-state index contributed by atoms with van der Waals surface area (Å²) in [6.45, 7) is 0. The van der Waals surface area contributed by atoms with Gasteiger partial charge in [0.05, 0.1) is 0 Å². The van der Waals surface area contributed by atoms with Crippen LogP contribution in [0.3, 0.4) is 0 Å². The van der Waals surface area contributed by atoms with Gasteiger partial charge >= 0.3 is 128 Å². The van der Waals surface area contributed by atoms with Crippen molar-refractivity contribution in [3.8, 4) is 0 Å². The summed E-state index contributed by atoms with van der Waals surface area (Å²) in [5.74, 6) is 0. The molecule has 0 radical (unpaired) electrons. The van der Waals surface area contributed by atoms with Crippen molar-refractivity contribution in [2.75, 3.05) is 0 Å². The van der Waals surface area contributed by atoms with Crippen LogP contribution in [0.5, 0.6) is 0 Å². The number of rotatable bonds is 0. The molecule has 0 bridgehead atoms. The Morgan fingerprint density at radius 1 is 0.421 bits per heavy atom. The van der Waals surface area contributed by atoms with Gasteiger partial charge in [-0.25, -0.2) is 0 Å². The SMILES string of the molecule is P.P.[Al+3].[Al+3].[O]=[Mo](=[O])([O-])[O-].[O]=[Mo](=[O])([O-])[O-].[O]=[Mo](=[O])([O-])[O-]. The van der Waals surface area contributed by atoms with E-state index in [0.717, 1.165) is 0 Å². The molecule has 0 heterocycles. The molecule has 0 rings (SSSR count). The van der Waals surface area contributed by atoms with E-state index in [0.29, 0.717) is 0 Å². The van der Waals surface area contributed by atoms with Crippen molar-refractivity contribution in [2.45, 2.75) is 0 Å². The van der Waals surface area contributed by atoms with Gasteiger partial charge in [0, 0.05) is 0 Å². The Balaban J connectivity index is -0.0000000206. The number of hydrogen-bond acceptors (Lipinski definition) is 12. The van der Waals surface area contributed by atoms with Gasteiger partial charge in [0.2, 0.25) is 0 Å². The quantitative estimate of drug-likeness (QED) is 0.186. The second-order valence-electron chi connectivity index (χ2n) is 1.22. The molecule has 2 atom stereocenters. The monoisotopic (exact) mass is 608 g/mol. The Morgan fingerprint density at radius 2 is 0.421 bits per heavy atom. The molecule has 0 aliphatic heterocycles. The van der Waals surface area contributed by atoms with Gasteiger partial charge in [0.25, 0.3) is 0 Å². The summed E-state index contributed by atoms with van der Waals surface area (Å²) in [5.41, 5.74) is 0. The molecule has 19 heavy (non-hydrogen) atoms. The summed E-state index contributed by atoms with van der Waals surface area (Å²) in [4.78, 5) is 0. The fourth-order valence-corrected chi connectivity index (χ4v) is 0. The van der Waals surface area contributed by atoms with E-state index in [2.05, 4.69) is 0 Å². The van der Waals surface area contributed by atoms with Gasteiger partial charge in [0.1, 0.15) is 0 Å².